The normalized spacial score (nSPS) is 14.9. The standard InChI is InChI=1S/C26H31NO3S/c1-5-17-14-18(6-2)24-21(15-17)23(28)20-16-19(10-11-22(20)31-24)26(3,4)30-25(29)27-12-8-7-9-13-27/h10-11,14-16H,5-9,12-13H2,1-4H3. The number of likely N-dealkylation sites (tertiary alicyclic amines) is 1. The molecular weight excluding hydrogens is 406 g/mol. The molecule has 0 N–H and O–H groups in total. The topological polar surface area (TPSA) is 46.6 Å². The Hall–Kier alpha value is -2.40. The second-order valence-electron chi connectivity index (χ2n) is 8.91. The molecule has 3 aromatic rings. The van der Waals surface area contributed by atoms with Crippen LogP contribution in [0.4, 0.5) is 4.79 Å². The minimum Gasteiger partial charge on any atom is -0.438 e. The van der Waals surface area contributed by atoms with Crippen LogP contribution in [0.1, 0.15) is 63.6 Å². The van der Waals surface area contributed by atoms with Crippen LogP contribution in [0.15, 0.2) is 35.1 Å². The maximum Gasteiger partial charge on any atom is 0.410 e. The zero-order chi connectivity index (χ0) is 22.2. The molecule has 0 atom stereocenters. The Balaban J connectivity index is 1.76. The summed E-state index contributed by atoms with van der Waals surface area (Å²) in [6, 6.07) is 10.2. The Morgan fingerprint density at radius 1 is 1.03 bits per heavy atom. The summed E-state index contributed by atoms with van der Waals surface area (Å²) in [7, 11) is 0. The molecule has 0 radical (unpaired) electrons. The molecule has 1 aliphatic rings. The second kappa shape index (κ2) is 8.62. The Bertz CT molecular complexity index is 1190. The van der Waals surface area contributed by atoms with Crippen LogP contribution in [0.25, 0.3) is 20.2 Å². The van der Waals surface area contributed by atoms with E-state index in [-0.39, 0.29) is 11.5 Å². The summed E-state index contributed by atoms with van der Waals surface area (Å²) in [5.41, 5.74) is 2.53. The molecule has 0 unspecified atom stereocenters. The van der Waals surface area contributed by atoms with Crippen molar-refractivity contribution in [1.29, 1.82) is 0 Å². The average molecular weight is 438 g/mol. The van der Waals surface area contributed by atoms with E-state index in [1.165, 1.54) is 17.5 Å². The lowest BCUT2D eigenvalue weighted by Crippen LogP contribution is -2.39. The van der Waals surface area contributed by atoms with Crippen LogP contribution in [0.2, 0.25) is 0 Å². The summed E-state index contributed by atoms with van der Waals surface area (Å²) in [6.45, 7) is 9.56. The van der Waals surface area contributed by atoms with Crippen LogP contribution in [0.3, 0.4) is 0 Å². The highest BCUT2D eigenvalue weighted by atomic mass is 32.1. The first kappa shape index (κ1) is 21.8. The molecule has 2 heterocycles. The van der Waals surface area contributed by atoms with Gasteiger partial charge in [-0.1, -0.05) is 26.0 Å². The van der Waals surface area contributed by atoms with E-state index in [0.717, 1.165) is 59.1 Å². The number of amides is 1. The van der Waals surface area contributed by atoms with Crippen LogP contribution in [0.5, 0.6) is 0 Å². The van der Waals surface area contributed by atoms with Crippen molar-refractivity contribution in [3.63, 3.8) is 0 Å². The van der Waals surface area contributed by atoms with Crippen molar-refractivity contribution in [1.82, 2.24) is 4.90 Å². The third kappa shape index (κ3) is 4.20. The predicted octanol–water partition coefficient (Wildman–Crippen LogP) is 6.40. The molecule has 5 heteroatoms. The third-order valence-corrected chi connectivity index (χ3v) is 7.61. The van der Waals surface area contributed by atoms with Crippen molar-refractivity contribution in [2.75, 3.05) is 13.1 Å². The number of hydrogen-bond donors (Lipinski definition) is 0. The van der Waals surface area contributed by atoms with Crippen molar-refractivity contribution < 1.29 is 9.53 Å². The van der Waals surface area contributed by atoms with Crippen molar-refractivity contribution >= 4 is 37.6 Å². The van der Waals surface area contributed by atoms with Crippen LogP contribution in [-0.4, -0.2) is 24.1 Å². The lowest BCUT2D eigenvalue weighted by atomic mass is 9.96. The molecule has 1 aromatic heterocycles. The van der Waals surface area contributed by atoms with Crippen LogP contribution >= 0.6 is 11.3 Å². The lowest BCUT2D eigenvalue weighted by molar-refractivity contribution is 0.00788. The summed E-state index contributed by atoms with van der Waals surface area (Å²) in [4.78, 5) is 27.9. The third-order valence-electron chi connectivity index (χ3n) is 6.35. The fourth-order valence-electron chi connectivity index (χ4n) is 4.36. The molecule has 0 saturated carbocycles. The highest BCUT2D eigenvalue weighted by Gasteiger charge is 2.29. The summed E-state index contributed by atoms with van der Waals surface area (Å²) in [5, 5.41) is 1.50. The zero-order valence-electron chi connectivity index (χ0n) is 18.9. The number of fused-ring (bicyclic) bond motifs is 2. The van der Waals surface area contributed by atoms with Gasteiger partial charge in [0.25, 0.3) is 0 Å². The van der Waals surface area contributed by atoms with Gasteiger partial charge >= 0.3 is 6.09 Å². The predicted molar refractivity (Wildman–Crippen MR) is 129 cm³/mol. The van der Waals surface area contributed by atoms with Crippen LogP contribution in [-0.2, 0) is 23.2 Å². The molecule has 31 heavy (non-hydrogen) atoms. The van der Waals surface area contributed by atoms with Crippen molar-refractivity contribution in [3.8, 4) is 0 Å². The van der Waals surface area contributed by atoms with Gasteiger partial charge in [-0.3, -0.25) is 4.79 Å². The SMILES string of the molecule is CCc1cc(CC)c2sc3ccc(C(C)(C)OC(=O)N4CCCCC4)cc3c(=O)c2c1. The highest BCUT2D eigenvalue weighted by Crippen LogP contribution is 2.33. The smallest absolute Gasteiger partial charge is 0.410 e. The van der Waals surface area contributed by atoms with Crippen LogP contribution < -0.4 is 5.43 Å². The van der Waals surface area contributed by atoms with E-state index in [1.54, 1.807) is 16.2 Å². The van der Waals surface area contributed by atoms with E-state index >= 15 is 0 Å². The first-order chi connectivity index (χ1) is 14.8. The summed E-state index contributed by atoms with van der Waals surface area (Å²) >= 11 is 1.68. The molecule has 2 aromatic carbocycles. The van der Waals surface area contributed by atoms with E-state index < -0.39 is 5.60 Å². The molecule has 1 aliphatic heterocycles. The first-order valence-corrected chi connectivity index (χ1v) is 12.2. The molecule has 4 rings (SSSR count). The highest BCUT2D eigenvalue weighted by molar-refractivity contribution is 7.24. The largest absolute Gasteiger partial charge is 0.438 e. The van der Waals surface area contributed by atoms with E-state index in [0.29, 0.717) is 5.39 Å². The van der Waals surface area contributed by atoms with Gasteiger partial charge in [-0.05, 0) is 80.8 Å². The molecule has 0 aliphatic carbocycles. The maximum absolute atomic E-state index is 13.5. The number of hydrogen-bond acceptors (Lipinski definition) is 4. The Morgan fingerprint density at radius 3 is 2.45 bits per heavy atom. The Labute approximate surface area is 187 Å². The van der Waals surface area contributed by atoms with Gasteiger partial charge in [0.2, 0.25) is 0 Å². The van der Waals surface area contributed by atoms with Crippen molar-refractivity contribution in [3.05, 3.63) is 57.2 Å². The summed E-state index contributed by atoms with van der Waals surface area (Å²) in [6.07, 6.45) is 4.76. The number of benzene rings is 2. The molecule has 0 bridgehead atoms. The fourth-order valence-corrected chi connectivity index (χ4v) is 5.57. The minimum absolute atomic E-state index is 0.0637. The average Bonchev–Trinajstić information content (AvgIpc) is 2.78. The van der Waals surface area contributed by atoms with E-state index in [4.69, 9.17) is 4.74 Å². The lowest BCUT2D eigenvalue weighted by Gasteiger charge is -2.32. The molecule has 1 fully saturated rings. The number of aryl methyl sites for hydroxylation is 2. The van der Waals surface area contributed by atoms with Gasteiger partial charge in [-0.15, -0.1) is 11.3 Å². The summed E-state index contributed by atoms with van der Waals surface area (Å²) in [5.74, 6) is 0. The van der Waals surface area contributed by atoms with E-state index in [1.807, 2.05) is 38.1 Å². The quantitative estimate of drug-likeness (QED) is 0.444. The number of ether oxygens (including phenoxy) is 1. The van der Waals surface area contributed by atoms with Gasteiger partial charge in [0.1, 0.15) is 5.60 Å². The van der Waals surface area contributed by atoms with Gasteiger partial charge in [0, 0.05) is 33.3 Å². The van der Waals surface area contributed by atoms with E-state index in [9.17, 15) is 9.59 Å². The maximum atomic E-state index is 13.5. The van der Waals surface area contributed by atoms with E-state index in [2.05, 4.69) is 19.9 Å². The van der Waals surface area contributed by atoms with Crippen LogP contribution in [0, 0.1) is 0 Å². The molecule has 1 saturated heterocycles. The molecular formula is C26H31NO3S. The summed E-state index contributed by atoms with van der Waals surface area (Å²) < 4.78 is 7.96. The molecule has 164 valence electrons. The zero-order valence-corrected chi connectivity index (χ0v) is 19.7. The van der Waals surface area contributed by atoms with Crippen molar-refractivity contribution in [2.24, 2.45) is 0 Å². The molecule has 1 amide bonds. The number of nitrogens with zero attached hydrogens (tertiary/aromatic N) is 1. The minimum atomic E-state index is -0.811. The van der Waals surface area contributed by atoms with Gasteiger partial charge in [0.15, 0.2) is 5.43 Å². The van der Waals surface area contributed by atoms with Gasteiger partial charge in [-0.25, -0.2) is 4.79 Å². The first-order valence-electron chi connectivity index (χ1n) is 11.3. The monoisotopic (exact) mass is 437 g/mol. The fraction of sp³-hybridized carbons (Fsp3) is 0.462. The second-order valence-corrected chi connectivity index (χ2v) is 9.96. The van der Waals surface area contributed by atoms with Crippen molar-refractivity contribution in [2.45, 2.75) is 65.4 Å². The molecule has 4 nitrogen and oxygen atoms in total. The molecule has 0 spiro atoms. The van der Waals surface area contributed by atoms with Gasteiger partial charge < -0.3 is 9.64 Å². The number of piperidine rings is 1. The van der Waals surface area contributed by atoms with Gasteiger partial charge in [0.05, 0.1) is 0 Å². The number of rotatable bonds is 4. The Kier molecular flexibility index (Phi) is 6.07. The number of carbonyl (C=O) groups is 1. The van der Waals surface area contributed by atoms with Gasteiger partial charge in [-0.2, -0.15) is 0 Å². The number of carbonyl (C=O) groups excluding carboxylic acids is 1. The Morgan fingerprint density at radius 2 is 1.77 bits per heavy atom.